The summed E-state index contributed by atoms with van der Waals surface area (Å²) in [6.07, 6.45) is 3.89. The average molecular weight is 344 g/mol. The number of fused-ring (bicyclic) bond motifs is 1. The lowest BCUT2D eigenvalue weighted by Crippen LogP contribution is -2.02. The second-order valence-corrected chi connectivity index (χ2v) is 5.34. The minimum atomic E-state index is -0.129. The van der Waals surface area contributed by atoms with Crippen LogP contribution in [-0.2, 0) is 4.79 Å². The Labute approximate surface area is 128 Å². The number of anilines is 1. The second kappa shape index (κ2) is 5.49. The summed E-state index contributed by atoms with van der Waals surface area (Å²) in [5.41, 5.74) is 2.28. The van der Waals surface area contributed by atoms with Gasteiger partial charge >= 0.3 is 0 Å². The highest BCUT2D eigenvalue weighted by atomic mass is 79.9. The summed E-state index contributed by atoms with van der Waals surface area (Å²) >= 11 is 3.35. The molecule has 0 unspecified atom stereocenters. The Balaban J connectivity index is 2.06. The van der Waals surface area contributed by atoms with Crippen LogP contribution in [0.1, 0.15) is 15.9 Å². The Hall–Kier alpha value is -2.47. The zero-order valence-electron chi connectivity index (χ0n) is 10.8. The van der Waals surface area contributed by atoms with E-state index in [-0.39, 0.29) is 5.78 Å². The summed E-state index contributed by atoms with van der Waals surface area (Å²) in [6, 6.07) is 8.64. The van der Waals surface area contributed by atoms with E-state index in [0.717, 1.165) is 9.86 Å². The molecular formula is C15H10BrN3O2. The van der Waals surface area contributed by atoms with E-state index in [2.05, 4.69) is 31.2 Å². The number of rotatable bonds is 4. The number of hydrogen-bond acceptors (Lipinski definition) is 3. The fraction of sp³-hybridized carbons (Fsp3) is 0. The van der Waals surface area contributed by atoms with Crippen LogP contribution in [0.2, 0.25) is 0 Å². The van der Waals surface area contributed by atoms with E-state index in [9.17, 15) is 9.59 Å². The number of nitrogens with one attached hydrogen (secondary N) is 2. The molecule has 2 N–H and O–H groups in total. The Bertz CT molecular complexity index is 842. The summed E-state index contributed by atoms with van der Waals surface area (Å²) in [5, 5.41) is 3.29. The highest BCUT2D eigenvalue weighted by Gasteiger charge is 2.15. The van der Waals surface area contributed by atoms with Crippen molar-refractivity contribution < 1.29 is 9.59 Å². The van der Waals surface area contributed by atoms with Crippen molar-refractivity contribution in [3.05, 3.63) is 58.3 Å². The van der Waals surface area contributed by atoms with Gasteiger partial charge in [-0.3, -0.25) is 9.59 Å². The molecule has 0 radical (unpaired) electrons. The predicted octanol–water partition coefficient (Wildman–Crippen LogP) is 3.12. The predicted molar refractivity (Wildman–Crippen MR) is 83.4 cm³/mol. The lowest BCUT2D eigenvalue weighted by Gasteiger charge is -2.03. The van der Waals surface area contributed by atoms with Crippen molar-refractivity contribution in [2.75, 3.05) is 5.32 Å². The van der Waals surface area contributed by atoms with Gasteiger partial charge in [0.1, 0.15) is 5.65 Å². The number of amides is 1. The number of hydrogen-bond donors (Lipinski definition) is 2. The molecule has 6 heteroatoms. The molecule has 0 saturated carbocycles. The molecule has 1 amide bonds. The summed E-state index contributed by atoms with van der Waals surface area (Å²) in [4.78, 5) is 30.3. The number of aromatic nitrogens is 2. The molecular weight excluding hydrogens is 334 g/mol. The monoisotopic (exact) mass is 343 g/mol. The van der Waals surface area contributed by atoms with Crippen LogP contribution in [0.3, 0.4) is 0 Å². The maximum Gasteiger partial charge on any atom is 0.211 e. The number of ketones is 1. The third kappa shape index (κ3) is 2.57. The molecule has 2 heterocycles. The minimum Gasteiger partial charge on any atom is -0.345 e. The molecule has 3 aromatic rings. The van der Waals surface area contributed by atoms with Crippen LogP contribution >= 0.6 is 15.9 Å². The Kier molecular flexibility index (Phi) is 3.53. The van der Waals surface area contributed by atoms with Gasteiger partial charge < -0.3 is 10.3 Å². The standard InChI is InChI=1S/C15H10BrN3O2/c16-10-5-12-13(7-18-15(12)17-6-10)14(21)9-2-1-3-11(4-9)19-8-20/h1-8H,(H,17,18)(H,19,20). The molecule has 0 atom stereocenters. The van der Waals surface area contributed by atoms with Gasteiger partial charge in [0, 0.05) is 39.1 Å². The molecule has 21 heavy (non-hydrogen) atoms. The zero-order valence-corrected chi connectivity index (χ0v) is 12.3. The van der Waals surface area contributed by atoms with E-state index in [0.29, 0.717) is 28.9 Å². The van der Waals surface area contributed by atoms with Crippen molar-refractivity contribution >= 4 is 44.8 Å². The van der Waals surface area contributed by atoms with E-state index < -0.39 is 0 Å². The van der Waals surface area contributed by atoms with Gasteiger partial charge in [0.05, 0.1) is 0 Å². The zero-order chi connectivity index (χ0) is 14.8. The van der Waals surface area contributed by atoms with E-state index in [1.54, 1.807) is 36.7 Å². The topological polar surface area (TPSA) is 74.8 Å². The Morgan fingerprint density at radius 1 is 1.33 bits per heavy atom. The van der Waals surface area contributed by atoms with Crippen molar-refractivity contribution in [1.29, 1.82) is 0 Å². The minimum absolute atomic E-state index is 0.129. The normalized spacial score (nSPS) is 10.5. The van der Waals surface area contributed by atoms with Gasteiger partial charge in [0.15, 0.2) is 5.78 Å². The van der Waals surface area contributed by atoms with E-state index in [4.69, 9.17) is 0 Å². The van der Waals surface area contributed by atoms with Gasteiger partial charge in [0.25, 0.3) is 0 Å². The highest BCUT2D eigenvalue weighted by molar-refractivity contribution is 9.10. The molecule has 0 saturated heterocycles. The van der Waals surface area contributed by atoms with Crippen molar-refractivity contribution in [2.45, 2.75) is 0 Å². The number of nitrogens with zero attached hydrogens (tertiary/aromatic N) is 1. The van der Waals surface area contributed by atoms with E-state index >= 15 is 0 Å². The third-order valence-corrected chi connectivity index (χ3v) is 3.53. The molecule has 104 valence electrons. The fourth-order valence-electron chi connectivity index (χ4n) is 2.14. The highest BCUT2D eigenvalue weighted by Crippen LogP contribution is 2.23. The van der Waals surface area contributed by atoms with Crippen molar-refractivity contribution in [3.63, 3.8) is 0 Å². The van der Waals surface area contributed by atoms with Gasteiger partial charge in [0.2, 0.25) is 6.41 Å². The van der Waals surface area contributed by atoms with Crippen LogP contribution in [0.15, 0.2) is 47.2 Å². The first-order valence-corrected chi connectivity index (χ1v) is 6.96. The number of aromatic amines is 1. The molecule has 0 fully saturated rings. The van der Waals surface area contributed by atoms with E-state index in [1.807, 2.05) is 6.07 Å². The van der Waals surface area contributed by atoms with Gasteiger partial charge in [-0.05, 0) is 34.1 Å². The van der Waals surface area contributed by atoms with Crippen molar-refractivity contribution in [3.8, 4) is 0 Å². The Morgan fingerprint density at radius 2 is 2.19 bits per heavy atom. The SMILES string of the molecule is O=CNc1cccc(C(=O)c2c[nH]c3ncc(Br)cc23)c1. The first-order valence-electron chi connectivity index (χ1n) is 6.16. The number of benzene rings is 1. The number of carbonyl (C=O) groups excluding carboxylic acids is 2. The Morgan fingerprint density at radius 3 is 3.00 bits per heavy atom. The molecule has 2 aromatic heterocycles. The van der Waals surface area contributed by atoms with Crippen LogP contribution in [0, 0.1) is 0 Å². The number of pyridine rings is 1. The number of H-pyrrole nitrogens is 1. The molecule has 1 aromatic carbocycles. The van der Waals surface area contributed by atoms with Crippen LogP contribution < -0.4 is 5.32 Å². The van der Waals surface area contributed by atoms with Gasteiger partial charge in [-0.1, -0.05) is 12.1 Å². The summed E-state index contributed by atoms with van der Waals surface area (Å²) in [5.74, 6) is -0.129. The maximum absolute atomic E-state index is 12.6. The second-order valence-electron chi connectivity index (χ2n) is 4.42. The average Bonchev–Trinajstić information content (AvgIpc) is 2.90. The summed E-state index contributed by atoms with van der Waals surface area (Å²) in [7, 11) is 0. The lowest BCUT2D eigenvalue weighted by molar-refractivity contribution is -0.105. The first kappa shape index (κ1) is 13.5. The lowest BCUT2D eigenvalue weighted by atomic mass is 10.0. The molecule has 0 aliphatic rings. The van der Waals surface area contributed by atoms with Crippen LogP contribution in [0.4, 0.5) is 5.69 Å². The smallest absolute Gasteiger partial charge is 0.211 e. The van der Waals surface area contributed by atoms with Crippen LogP contribution in [0.25, 0.3) is 11.0 Å². The molecule has 5 nitrogen and oxygen atoms in total. The van der Waals surface area contributed by atoms with Gasteiger partial charge in [-0.15, -0.1) is 0 Å². The summed E-state index contributed by atoms with van der Waals surface area (Å²) in [6.45, 7) is 0. The quantitative estimate of drug-likeness (QED) is 0.564. The summed E-state index contributed by atoms with van der Waals surface area (Å²) < 4.78 is 0.806. The van der Waals surface area contributed by atoms with Crippen LogP contribution in [0.5, 0.6) is 0 Å². The molecule has 3 rings (SSSR count). The molecule has 0 aliphatic heterocycles. The van der Waals surface area contributed by atoms with Gasteiger partial charge in [-0.25, -0.2) is 4.98 Å². The third-order valence-electron chi connectivity index (χ3n) is 3.09. The maximum atomic E-state index is 12.6. The van der Waals surface area contributed by atoms with Crippen molar-refractivity contribution in [2.24, 2.45) is 0 Å². The van der Waals surface area contributed by atoms with E-state index in [1.165, 1.54) is 0 Å². The molecule has 0 spiro atoms. The van der Waals surface area contributed by atoms with Crippen LogP contribution in [-0.4, -0.2) is 22.2 Å². The van der Waals surface area contributed by atoms with Crippen molar-refractivity contribution in [1.82, 2.24) is 9.97 Å². The fourth-order valence-corrected chi connectivity index (χ4v) is 2.47. The molecule has 0 bridgehead atoms. The number of carbonyl (C=O) groups is 2. The number of halogens is 1. The molecule has 0 aliphatic carbocycles. The van der Waals surface area contributed by atoms with Gasteiger partial charge in [-0.2, -0.15) is 0 Å². The first-order chi connectivity index (χ1) is 10.2. The largest absolute Gasteiger partial charge is 0.345 e.